The second-order valence-electron chi connectivity index (χ2n) is 6.67. The summed E-state index contributed by atoms with van der Waals surface area (Å²) in [5.74, 6) is 1.64. The molecule has 2 nitrogen and oxygen atoms in total. The lowest BCUT2D eigenvalue weighted by Crippen LogP contribution is -2.24. The SMILES string of the molecule is CC(C)C1CCN(c2cc(Br)ccc2CNC2CC2)C1. The normalized spacial score (nSPS) is 22.8. The average molecular weight is 337 g/mol. The Kier molecular flexibility index (Phi) is 4.37. The highest BCUT2D eigenvalue weighted by atomic mass is 79.9. The molecule has 1 N–H and O–H groups in total. The number of hydrogen-bond acceptors (Lipinski definition) is 2. The highest BCUT2D eigenvalue weighted by Gasteiger charge is 2.27. The van der Waals surface area contributed by atoms with Crippen LogP contribution in [0, 0.1) is 11.8 Å². The van der Waals surface area contributed by atoms with Crippen LogP contribution >= 0.6 is 15.9 Å². The van der Waals surface area contributed by atoms with Crippen LogP contribution in [-0.2, 0) is 6.54 Å². The van der Waals surface area contributed by atoms with Crippen molar-refractivity contribution >= 4 is 21.6 Å². The molecule has 1 aromatic carbocycles. The maximum Gasteiger partial charge on any atom is 0.0423 e. The summed E-state index contributed by atoms with van der Waals surface area (Å²) in [5.41, 5.74) is 2.88. The van der Waals surface area contributed by atoms with Crippen LogP contribution < -0.4 is 10.2 Å². The molecule has 1 aliphatic heterocycles. The van der Waals surface area contributed by atoms with Crippen LogP contribution in [-0.4, -0.2) is 19.1 Å². The Labute approximate surface area is 131 Å². The topological polar surface area (TPSA) is 15.3 Å². The van der Waals surface area contributed by atoms with Crippen molar-refractivity contribution in [3.8, 4) is 0 Å². The van der Waals surface area contributed by atoms with E-state index in [9.17, 15) is 0 Å². The summed E-state index contributed by atoms with van der Waals surface area (Å²) in [6.07, 6.45) is 4.04. The number of hydrogen-bond donors (Lipinski definition) is 1. The molecule has 1 heterocycles. The minimum Gasteiger partial charge on any atom is -0.371 e. The minimum atomic E-state index is 0.772. The van der Waals surface area contributed by atoms with Crippen molar-refractivity contribution in [2.45, 2.75) is 45.7 Å². The van der Waals surface area contributed by atoms with Crippen LogP contribution in [0.25, 0.3) is 0 Å². The molecule has 3 heteroatoms. The monoisotopic (exact) mass is 336 g/mol. The summed E-state index contributed by atoms with van der Waals surface area (Å²) in [5, 5.41) is 3.65. The van der Waals surface area contributed by atoms with Gasteiger partial charge in [-0.25, -0.2) is 0 Å². The Morgan fingerprint density at radius 3 is 2.75 bits per heavy atom. The Morgan fingerprint density at radius 1 is 1.30 bits per heavy atom. The number of nitrogens with one attached hydrogen (secondary N) is 1. The molecule has 1 aliphatic carbocycles. The molecule has 20 heavy (non-hydrogen) atoms. The highest BCUT2D eigenvalue weighted by Crippen LogP contribution is 2.32. The van der Waals surface area contributed by atoms with E-state index >= 15 is 0 Å². The average Bonchev–Trinajstić information content (AvgIpc) is 3.11. The molecule has 2 aliphatic rings. The molecular formula is C17H25BrN2. The van der Waals surface area contributed by atoms with Gasteiger partial charge in [0, 0.05) is 35.8 Å². The fourth-order valence-electron chi connectivity index (χ4n) is 3.07. The minimum absolute atomic E-state index is 0.772. The highest BCUT2D eigenvalue weighted by molar-refractivity contribution is 9.10. The van der Waals surface area contributed by atoms with Gasteiger partial charge in [-0.3, -0.25) is 0 Å². The van der Waals surface area contributed by atoms with Gasteiger partial charge in [0.2, 0.25) is 0 Å². The van der Waals surface area contributed by atoms with Crippen LogP contribution in [0.2, 0.25) is 0 Å². The molecule has 0 bridgehead atoms. The van der Waals surface area contributed by atoms with Gasteiger partial charge in [-0.2, -0.15) is 0 Å². The van der Waals surface area contributed by atoms with E-state index in [2.05, 4.69) is 58.2 Å². The number of halogens is 1. The fraction of sp³-hybridized carbons (Fsp3) is 0.647. The van der Waals surface area contributed by atoms with Crippen LogP contribution in [0.5, 0.6) is 0 Å². The van der Waals surface area contributed by atoms with Gasteiger partial charge in [0.05, 0.1) is 0 Å². The maximum absolute atomic E-state index is 3.65. The molecule has 0 spiro atoms. The zero-order valence-corrected chi connectivity index (χ0v) is 14.1. The second kappa shape index (κ2) is 6.07. The van der Waals surface area contributed by atoms with E-state index in [-0.39, 0.29) is 0 Å². The molecule has 1 unspecified atom stereocenters. The van der Waals surface area contributed by atoms with Crippen LogP contribution in [0.3, 0.4) is 0 Å². The van der Waals surface area contributed by atoms with Gasteiger partial charge in [0.15, 0.2) is 0 Å². The van der Waals surface area contributed by atoms with Crippen molar-refractivity contribution in [2.75, 3.05) is 18.0 Å². The van der Waals surface area contributed by atoms with E-state index in [0.29, 0.717) is 0 Å². The van der Waals surface area contributed by atoms with Crippen molar-refractivity contribution in [2.24, 2.45) is 11.8 Å². The van der Waals surface area contributed by atoms with Crippen molar-refractivity contribution in [1.29, 1.82) is 0 Å². The number of anilines is 1. The number of nitrogens with zero attached hydrogens (tertiary/aromatic N) is 1. The van der Waals surface area contributed by atoms with Crippen molar-refractivity contribution in [1.82, 2.24) is 5.32 Å². The molecule has 1 saturated heterocycles. The van der Waals surface area contributed by atoms with E-state index < -0.39 is 0 Å². The van der Waals surface area contributed by atoms with Crippen molar-refractivity contribution in [3.63, 3.8) is 0 Å². The van der Waals surface area contributed by atoms with E-state index in [0.717, 1.165) is 24.4 Å². The molecule has 0 amide bonds. The largest absolute Gasteiger partial charge is 0.371 e. The molecular weight excluding hydrogens is 312 g/mol. The van der Waals surface area contributed by atoms with Gasteiger partial charge < -0.3 is 10.2 Å². The molecule has 110 valence electrons. The lowest BCUT2D eigenvalue weighted by Gasteiger charge is -2.23. The standard InChI is InChI=1S/C17H25BrN2/c1-12(2)14-7-8-20(11-14)17-9-15(18)4-3-13(17)10-19-16-5-6-16/h3-4,9,12,14,16,19H,5-8,10-11H2,1-2H3. The second-order valence-corrected chi connectivity index (χ2v) is 7.58. The molecule has 2 fully saturated rings. The molecule has 3 rings (SSSR count). The summed E-state index contributed by atoms with van der Waals surface area (Å²) in [6, 6.07) is 7.52. The molecule has 0 aromatic heterocycles. The first-order valence-electron chi connectivity index (χ1n) is 7.90. The molecule has 1 aromatic rings. The Bertz CT molecular complexity index is 468. The Hall–Kier alpha value is -0.540. The van der Waals surface area contributed by atoms with E-state index in [4.69, 9.17) is 0 Å². The third kappa shape index (κ3) is 3.37. The summed E-state index contributed by atoms with van der Waals surface area (Å²) in [6.45, 7) is 8.13. The quantitative estimate of drug-likeness (QED) is 0.867. The Balaban J connectivity index is 1.74. The molecule has 1 atom stereocenters. The van der Waals surface area contributed by atoms with Crippen molar-refractivity contribution < 1.29 is 0 Å². The van der Waals surface area contributed by atoms with Crippen LogP contribution in [0.15, 0.2) is 22.7 Å². The number of benzene rings is 1. The van der Waals surface area contributed by atoms with Crippen LogP contribution in [0.4, 0.5) is 5.69 Å². The van der Waals surface area contributed by atoms with Crippen molar-refractivity contribution in [3.05, 3.63) is 28.2 Å². The predicted octanol–water partition coefficient (Wildman–Crippen LogP) is 4.18. The zero-order valence-electron chi connectivity index (χ0n) is 12.5. The van der Waals surface area contributed by atoms with E-state index in [1.165, 1.54) is 48.1 Å². The van der Waals surface area contributed by atoms with Crippen LogP contribution in [0.1, 0.15) is 38.7 Å². The third-order valence-corrected chi connectivity index (χ3v) is 5.21. The predicted molar refractivity (Wildman–Crippen MR) is 89.2 cm³/mol. The maximum atomic E-state index is 3.65. The van der Waals surface area contributed by atoms with Gasteiger partial charge >= 0.3 is 0 Å². The van der Waals surface area contributed by atoms with E-state index in [1.54, 1.807) is 0 Å². The third-order valence-electron chi connectivity index (χ3n) is 4.71. The lowest BCUT2D eigenvalue weighted by atomic mass is 9.95. The lowest BCUT2D eigenvalue weighted by molar-refractivity contribution is 0.422. The first-order valence-corrected chi connectivity index (χ1v) is 8.69. The molecule has 1 saturated carbocycles. The summed E-state index contributed by atoms with van der Waals surface area (Å²) < 4.78 is 1.19. The first kappa shape index (κ1) is 14.4. The Morgan fingerprint density at radius 2 is 2.10 bits per heavy atom. The zero-order chi connectivity index (χ0) is 14.1. The van der Waals surface area contributed by atoms with E-state index in [1.807, 2.05) is 0 Å². The smallest absolute Gasteiger partial charge is 0.0423 e. The van der Waals surface area contributed by atoms with Gasteiger partial charge in [-0.15, -0.1) is 0 Å². The summed E-state index contributed by atoms with van der Waals surface area (Å²) >= 11 is 3.63. The van der Waals surface area contributed by atoms with Gasteiger partial charge in [-0.1, -0.05) is 35.8 Å². The van der Waals surface area contributed by atoms with Gasteiger partial charge in [-0.05, 0) is 48.8 Å². The number of rotatable bonds is 5. The van der Waals surface area contributed by atoms with Gasteiger partial charge in [0.25, 0.3) is 0 Å². The van der Waals surface area contributed by atoms with Gasteiger partial charge in [0.1, 0.15) is 0 Å². The summed E-state index contributed by atoms with van der Waals surface area (Å²) in [4.78, 5) is 2.58. The summed E-state index contributed by atoms with van der Waals surface area (Å²) in [7, 11) is 0. The fourth-order valence-corrected chi connectivity index (χ4v) is 3.42. The molecule has 0 radical (unpaired) electrons. The first-order chi connectivity index (χ1) is 9.63.